The number of amides is 2. The molecule has 2 aromatic rings. The smallest absolute Gasteiger partial charge is 0.282 e. The van der Waals surface area contributed by atoms with E-state index in [-0.39, 0.29) is 11.8 Å². The minimum absolute atomic E-state index is 0.0654. The maximum atomic E-state index is 12.8. The number of piperazine rings is 1. The van der Waals surface area contributed by atoms with E-state index >= 15 is 0 Å². The predicted molar refractivity (Wildman–Crippen MR) is 118 cm³/mol. The van der Waals surface area contributed by atoms with Crippen LogP contribution in [0.4, 0.5) is 11.4 Å². The lowest BCUT2D eigenvalue weighted by Gasteiger charge is -2.30. The van der Waals surface area contributed by atoms with E-state index in [4.69, 9.17) is 0 Å². The Morgan fingerprint density at radius 2 is 1.53 bits per heavy atom. The van der Waals surface area contributed by atoms with Gasteiger partial charge in [-0.15, -0.1) is 0 Å². The Hall–Kier alpha value is -2.70. The van der Waals surface area contributed by atoms with E-state index in [1.54, 1.807) is 0 Å². The minimum Gasteiger partial charge on any atom is -0.321 e. The maximum Gasteiger partial charge on any atom is 0.282 e. The van der Waals surface area contributed by atoms with Crippen LogP contribution in [0.5, 0.6) is 0 Å². The van der Waals surface area contributed by atoms with Crippen LogP contribution in [0.1, 0.15) is 16.7 Å². The monoisotopic (exact) mass is 408 g/mol. The summed E-state index contributed by atoms with van der Waals surface area (Å²) < 4.78 is 0. The number of hydrogen-bond acceptors (Lipinski definition) is 2. The van der Waals surface area contributed by atoms with Crippen LogP contribution in [0.25, 0.3) is 0 Å². The molecule has 0 unspecified atom stereocenters. The fraction of sp³-hybridized carbons (Fsp3) is 0.417. The first-order valence-electron chi connectivity index (χ1n) is 10.9. The Morgan fingerprint density at radius 3 is 2.23 bits per heavy atom. The molecule has 6 nitrogen and oxygen atoms in total. The predicted octanol–water partition coefficient (Wildman–Crippen LogP) is -0.385. The summed E-state index contributed by atoms with van der Waals surface area (Å²) >= 11 is 0. The van der Waals surface area contributed by atoms with Crippen LogP contribution in [0.15, 0.2) is 42.5 Å². The number of carbonyl (C=O) groups excluding carboxylic acids is 2. The van der Waals surface area contributed by atoms with Crippen molar-refractivity contribution < 1.29 is 19.4 Å². The lowest BCUT2D eigenvalue weighted by molar-refractivity contribution is -1.00. The van der Waals surface area contributed by atoms with Gasteiger partial charge in [0.05, 0.1) is 0 Å². The summed E-state index contributed by atoms with van der Waals surface area (Å²) in [5.74, 6) is 0.279. The number of rotatable bonds is 5. The average molecular weight is 409 g/mol. The van der Waals surface area contributed by atoms with Crippen LogP contribution >= 0.6 is 0 Å². The molecule has 2 aromatic carbocycles. The van der Waals surface area contributed by atoms with Gasteiger partial charge in [-0.2, -0.15) is 0 Å². The highest BCUT2D eigenvalue weighted by Crippen LogP contribution is 2.27. The number of quaternary nitrogens is 2. The topological polar surface area (TPSA) is 58.3 Å². The second-order valence-corrected chi connectivity index (χ2v) is 8.59. The van der Waals surface area contributed by atoms with E-state index in [0.717, 1.165) is 61.6 Å². The summed E-state index contributed by atoms with van der Waals surface area (Å²) in [6, 6.07) is 14.3. The lowest BCUT2D eigenvalue weighted by atomic mass is 10.1. The molecule has 0 spiro atoms. The fourth-order valence-electron chi connectivity index (χ4n) is 4.64. The molecule has 0 saturated carbocycles. The first-order valence-corrected chi connectivity index (χ1v) is 10.9. The number of hydrogen-bond donors (Lipinski definition) is 3. The van der Waals surface area contributed by atoms with E-state index in [1.807, 2.05) is 55.1 Å². The number of nitrogens with zero attached hydrogens (tertiary/aromatic N) is 1. The van der Waals surface area contributed by atoms with Crippen molar-refractivity contribution in [1.82, 2.24) is 0 Å². The second kappa shape index (κ2) is 8.98. The van der Waals surface area contributed by atoms with E-state index in [0.29, 0.717) is 13.1 Å². The summed E-state index contributed by atoms with van der Waals surface area (Å²) in [6.07, 6.45) is 0.949. The quantitative estimate of drug-likeness (QED) is 0.632. The third kappa shape index (κ3) is 4.55. The number of para-hydroxylation sites is 2. The van der Waals surface area contributed by atoms with Crippen LogP contribution < -0.4 is 20.0 Å². The summed E-state index contributed by atoms with van der Waals surface area (Å²) in [4.78, 5) is 29.9. The number of anilines is 2. The summed E-state index contributed by atoms with van der Waals surface area (Å²) in [7, 11) is 0. The number of fused-ring (bicyclic) bond motifs is 1. The van der Waals surface area contributed by atoms with Crippen molar-refractivity contribution in [1.29, 1.82) is 0 Å². The zero-order valence-corrected chi connectivity index (χ0v) is 18.0. The highest BCUT2D eigenvalue weighted by atomic mass is 16.2. The van der Waals surface area contributed by atoms with Crippen molar-refractivity contribution in [2.45, 2.75) is 20.3 Å². The Balaban J connectivity index is 1.24. The molecule has 0 bridgehead atoms. The van der Waals surface area contributed by atoms with Crippen molar-refractivity contribution in [2.75, 3.05) is 56.0 Å². The van der Waals surface area contributed by atoms with E-state index in [9.17, 15) is 9.59 Å². The zero-order chi connectivity index (χ0) is 21.1. The fourth-order valence-corrected chi connectivity index (χ4v) is 4.64. The van der Waals surface area contributed by atoms with Crippen molar-refractivity contribution in [3.63, 3.8) is 0 Å². The highest BCUT2D eigenvalue weighted by molar-refractivity contribution is 5.96. The van der Waals surface area contributed by atoms with Gasteiger partial charge >= 0.3 is 0 Å². The van der Waals surface area contributed by atoms with Gasteiger partial charge in [0, 0.05) is 17.9 Å². The first kappa shape index (κ1) is 20.6. The van der Waals surface area contributed by atoms with Crippen LogP contribution in [-0.2, 0) is 16.0 Å². The number of aryl methyl sites for hydroxylation is 2. The number of benzene rings is 2. The summed E-state index contributed by atoms with van der Waals surface area (Å²) in [5.41, 5.74) is 5.46. The molecule has 3 N–H and O–H groups in total. The molecule has 4 rings (SSSR count). The molecule has 158 valence electrons. The molecular weight excluding hydrogens is 376 g/mol. The van der Waals surface area contributed by atoms with Gasteiger partial charge in [-0.25, -0.2) is 0 Å². The van der Waals surface area contributed by atoms with Gasteiger partial charge < -0.3 is 20.0 Å². The molecule has 0 radical (unpaired) electrons. The standard InChI is InChI=1S/C24H30N4O2/c1-18-6-5-7-19(2)24(18)25-22(29)16-26-12-14-27(15-13-26)17-23(30)28-11-10-20-8-3-4-9-21(20)28/h3-9H,10-17H2,1-2H3,(H,25,29)/p+2. The molecule has 2 aliphatic heterocycles. The maximum absolute atomic E-state index is 12.8. The number of nitrogens with one attached hydrogen (secondary N) is 3. The second-order valence-electron chi connectivity index (χ2n) is 8.59. The van der Waals surface area contributed by atoms with Crippen molar-refractivity contribution >= 4 is 23.2 Å². The SMILES string of the molecule is Cc1cccc(C)c1NC(=O)C[NH+]1CC[NH+](CC(=O)N2CCc3ccccc32)CC1. The van der Waals surface area contributed by atoms with Crippen LogP contribution in [-0.4, -0.2) is 57.6 Å². The van der Waals surface area contributed by atoms with E-state index in [1.165, 1.54) is 15.4 Å². The van der Waals surface area contributed by atoms with Gasteiger partial charge in [0.1, 0.15) is 26.2 Å². The third-order valence-electron chi connectivity index (χ3n) is 6.41. The zero-order valence-electron chi connectivity index (χ0n) is 18.0. The van der Waals surface area contributed by atoms with Crippen molar-refractivity contribution in [3.05, 3.63) is 59.2 Å². The van der Waals surface area contributed by atoms with Crippen LogP contribution in [0, 0.1) is 13.8 Å². The summed E-state index contributed by atoms with van der Waals surface area (Å²) in [5, 5.41) is 3.09. The highest BCUT2D eigenvalue weighted by Gasteiger charge is 2.30. The van der Waals surface area contributed by atoms with Crippen molar-refractivity contribution in [2.24, 2.45) is 0 Å². The molecule has 30 heavy (non-hydrogen) atoms. The number of carbonyl (C=O) groups is 2. The lowest BCUT2D eigenvalue weighted by Crippen LogP contribution is -3.28. The van der Waals surface area contributed by atoms with Gasteiger partial charge in [0.25, 0.3) is 11.8 Å². The molecule has 2 amide bonds. The Morgan fingerprint density at radius 1 is 0.900 bits per heavy atom. The normalized spacial score (nSPS) is 20.7. The largest absolute Gasteiger partial charge is 0.321 e. The van der Waals surface area contributed by atoms with Gasteiger partial charge in [0.15, 0.2) is 13.1 Å². The minimum atomic E-state index is 0.0654. The molecule has 6 heteroatoms. The van der Waals surface area contributed by atoms with E-state index in [2.05, 4.69) is 11.4 Å². The molecule has 0 aromatic heterocycles. The Kier molecular flexibility index (Phi) is 6.16. The molecule has 1 saturated heterocycles. The van der Waals surface area contributed by atoms with Gasteiger partial charge in [-0.05, 0) is 43.0 Å². The van der Waals surface area contributed by atoms with E-state index < -0.39 is 0 Å². The van der Waals surface area contributed by atoms with Crippen molar-refractivity contribution in [3.8, 4) is 0 Å². The molecule has 0 aliphatic carbocycles. The molecule has 2 aliphatic rings. The first-order chi connectivity index (χ1) is 14.5. The van der Waals surface area contributed by atoms with Gasteiger partial charge in [0.2, 0.25) is 0 Å². The van der Waals surface area contributed by atoms with Gasteiger partial charge in [-0.3, -0.25) is 9.59 Å². The van der Waals surface area contributed by atoms with Crippen LogP contribution in [0.3, 0.4) is 0 Å². The molecular formula is C24H32N4O2+2. The molecule has 0 atom stereocenters. The van der Waals surface area contributed by atoms with Gasteiger partial charge in [-0.1, -0.05) is 36.4 Å². The van der Waals surface area contributed by atoms with Crippen LogP contribution in [0.2, 0.25) is 0 Å². The molecule has 2 heterocycles. The Labute approximate surface area is 178 Å². The third-order valence-corrected chi connectivity index (χ3v) is 6.41. The summed E-state index contributed by atoms with van der Waals surface area (Å²) in [6.45, 7) is 9.53. The molecule has 1 fully saturated rings. The average Bonchev–Trinajstić information content (AvgIpc) is 3.17. The Bertz CT molecular complexity index is 914.